The number of thioether (sulfide) groups is 1. The van der Waals surface area contributed by atoms with Gasteiger partial charge in [-0.15, -0.1) is 0 Å². The number of hydrogen-bond donors (Lipinski definition) is 1. The maximum atomic E-state index is 13.0. The normalized spacial score (nSPS) is 12.6. The Morgan fingerprint density at radius 2 is 1.56 bits per heavy atom. The van der Waals surface area contributed by atoms with Crippen LogP contribution in [0.3, 0.4) is 0 Å². The molecule has 0 unspecified atom stereocenters. The van der Waals surface area contributed by atoms with Crippen LogP contribution < -0.4 is 5.32 Å². The molecular weight excluding hydrogens is 336 g/mol. The molecule has 1 atom stereocenters. The van der Waals surface area contributed by atoms with Crippen LogP contribution in [0.1, 0.15) is 73.1 Å². The summed E-state index contributed by atoms with van der Waals surface area (Å²) in [6.45, 7) is 11.3. The van der Waals surface area contributed by atoms with Crippen LogP contribution in [0, 0.1) is 0 Å². The highest BCUT2D eigenvalue weighted by Crippen LogP contribution is 2.10. The fraction of sp³-hybridized carbons (Fsp3) is 0.895. The van der Waals surface area contributed by atoms with E-state index in [0.717, 1.165) is 51.6 Å². The van der Waals surface area contributed by atoms with E-state index in [-0.39, 0.29) is 5.91 Å². The van der Waals surface area contributed by atoms with Crippen LogP contribution in [0.15, 0.2) is 0 Å². The van der Waals surface area contributed by atoms with Crippen molar-refractivity contribution in [2.75, 3.05) is 25.1 Å². The number of hydrogen-bond acceptors (Lipinski definition) is 4. The number of rotatable bonds is 12. The second-order valence-electron chi connectivity index (χ2n) is 7.39. The smallest absolute Gasteiger partial charge is 0.408 e. The van der Waals surface area contributed by atoms with Crippen LogP contribution in [0.2, 0.25) is 0 Å². The van der Waals surface area contributed by atoms with Gasteiger partial charge < -0.3 is 15.0 Å². The Hall–Kier alpha value is -0.910. The summed E-state index contributed by atoms with van der Waals surface area (Å²) in [4.78, 5) is 27.0. The molecule has 2 amide bonds. The SMILES string of the molecule is CCCCCN(CCCCC)C(=O)[C@H](CSC)NC(=O)OC(C)(C)C. The second kappa shape index (κ2) is 13.3. The van der Waals surface area contributed by atoms with Crippen molar-refractivity contribution in [3.05, 3.63) is 0 Å². The molecule has 0 radical (unpaired) electrons. The van der Waals surface area contributed by atoms with E-state index in [9.17, 15) is 9.59 Å². The van der Waals surface area contributed by atoms with Gasteiger partial charge in [-0.2, -0.15) is 11.8 Å². The third kappa shape index (κ3) is 12.1. The first-order valence-corrected chi connectivity index (χ1v) is 10.9. The summed E-state index contributed by atoms with van der Waals surface area (Å²) < 4.78 is 5.31. The maximum Gasteiger partial charge on any atom is 0.408 e. The molecule has 1 N–H and O–H groups in total. The summed E-state index contributed by atoms with van der Waals surface area (Å²) in [6.07, 6.45) is 7.91. The minimum absolute atomic E-state index is 0.00687. The molecule has 148 valence electrons. The number of carbonyl (C=O) groups excluding carboxylic acids is 2. The molecule has 0 saturated carbocycles. The van der Waals surface area contributed by atoms with Crippen molar-refractivity contribution in [3.63, 3.8) is 0 Å². The van der Waals surface area contributed by atoms with E-state index in [0.29, 0.717) is 5.75 Å². The van der Waals surface area contributed by atoms with Gasteiger partial charge in [0, 0.05) is 18.8 Å². The van der Waals surface area contributed by atoms with E-state index >= 15 is 0 Å². The van der Waals surface area contributed by atoms with Crippen molar-refractivity contribution in [2.45, 2.75) is 84.8 Å². The number of carbonyl (C=O) groups is 2. The quantitative estimate of drug-likeness (QED) is 0.513. The summed E-state index contributed by atoms with van der Waals surface area (Å²) in [5.41, 5.74) is -0.570. The molecule has 0 aromatic heterocycles. The van der Waals surface area contributed by atoms with E-state index in [4.69, 9.17) is 4.74 Å². The monoisotopic (exact) mass is 374 g/mol. The Kier molecular flexibility index (Phi) is 12.8. The highest BCUT2D eigenvalue weighted by atomic mass is 32.2. The number of amides is 2. The Bertz CT molecular complexity index is 373. The predicted octanol–water partition coefficient (Wildman–Crippen LogP) is 4.45. The minimum Gasteiger partial charge on any atom is -0.444 e. The van der Waals surface area contributed by atoms with Gasteiger partial charge in [0.05, 0.1) is 0 Å². The zero-order chi connectivity index (χ0) is 19.3. The van der Waals surface area contributed by atoms with E-state index in [1.54, 1.807) is 11.8 Å². The van der Waals surface area contributed by atoms with E-state index in [2.05, 4.69) is 19.2 Å². The minimum atomic E-state index is -0.570. The van der Waals surface area contributed by atoms with Crippen molar-refractivity contribution in [1.29, 1.82) is 0 Å². The van der Waals surface area contributed by atoms with Crippen molar-refractivity contribution in [2.24, 2.45) is 0 Å². The Morgan fingerprint density at radius 1 is 1.04 bits per heavy atom. The average molecular weight is 375 g/mol. The van der Waals surface area contributed by atoms with Crippen LogP contribution in [0.25, 0.3) is 0 Å². The lowest BCUT2D eigenvalue weighted by Gasteiger charge is -2.29. The molecule has 6 heteroatoms. The van der Waals surface area contributed by atoms with Gasteiger partial charge in [-0.05, 0) is 39.9 Å². The van der Waals surface area contributed by atoms with Crippen LogP contribution in [-0.4, -0.2) is 53.6 Å². The summed E-state index contributed by atoms with van der Waals surface area (Å²) in [7, 11) is 0. The fourth-order valence-electron chi connectivity index (χ4n) is 2.45. The lowest BCUT2D eigenvalue weighted by atomic mass is 10.2. The molecule has 5 nitrogen and oxygen atoms in total. The van der Waals surface area contributed by atoms with Gasteiger partial charge in [-0.25, -0.2) is 4.79 Å². The predicted molar refractivity (Wildman–Crippen MR) is 107 cm³/mol. The third-order valence-corrected chi connectivity index (χ3v) is 4.36. The zero-order valence-corrected chi connectivity index (χ0v) is 17.8. The van der Waals surface area contributed by atoms with Crippen molar-refractivity contribution in [1.82, 2.24) is 10.2 Å². The van der Waals surface area contributed by atoms with Crippen LogP contribution in [0.5, 0.6) is 0 Å². The summed E-state index contributed by atoms with van der Waals surface area (Å²) in [5.74, 6) is 0.559. The Morgan fingerprint density at radius 3 is 1.96 bits per heavy atom. The molecule has 0 heterocycles. The highest BCUT2D eigenvalue weighted by Gasteiger charge is 2.27. The van der Waals surface area contributed by atoms with Gasteiger partial charge in [-0.1, -0.05) is 39.5 Å². The second-order valence-corrected chi connectivity index (χ2v) is 8.30. The molecule has 0 aliphatic rings. The lowest BCUT2D eigenvalue weighted by Crippen LogP contribution is -2.51. The summed E-state index contributed by atoms with van der Waals surface area (Å²) >= 11 is 1.55. The topological polar surface area (TPSA) is 58.6 Å². The molecule has 25 heavy (non-hydrogen) atoms. The molecule has 0 aromatic rings. The average Bonchev–Trinajstić information content (AvgIpc) is 2.51. The number of nitrogens with zero attached hydrogens (tertiary/aromatic N) is 1. The standard InChI is InChI=1S/C19H38N2O3S/c1-7-9-11-13-21(14-12-10-8-2)17(22)16(15-25-6)20-18(23)24-19(3,4)5/h16H,7-15H2,1-6H3,(H,20,23)/t16-/m0/s1. The van der Waals surface area contributed by atoms with Crippen molar-refractivity contribution in [3.8, 4) is 0 Å². The van der Waals surface area contributed by atoms with Gasteiger partial charge in [0.15, 0.2) is 0 Å². The number of nitrogens with one attached hydrogen (secondary N) is 1. The molecule has 0 aliphatic carbocycles. The van der Waals surface area contributed by atoms with Gasteiger partial charge >= 0.3 is 6.09 Å². The molecule has 0 fully saturated rings. The van der Waals surface area contributed by atoms with E-state index < -0.39 is 17.7 Å². The zero-order valence-electron chi connectivity index (χ0n) is 17.0. The third-order valence-electron chi connectivity index (χ3n) is 3.70. The Labute approximate surface area is 158 Å². The van der Waals surface area contributed by atoms with Crippen LogP contribution in [0.4, 0.5) is 4.79 Å². The van der Waals surface area contributed by atoms with Crippen molar-refractivity contribution < 1.29 is 14.3 Å². The van der Waals surface area contributed by atoms with Gasteiger partial charge in [0.2, 0.25) is 5.91 Å². The fourth-order valence-corrected chi connectivity index (χ4v) is 3.01. The molecule has 0 rings (SSSR count). The molecule has 0 spiro atoms. The van der Waals surface area contributed by atoms with Gasteiger partial charge in [-0.3, -0.25) is 4.79 Å². The molecular formula is C19H38N2O3S. The van der Waals surface area contributed by atoms with Gasteiger partial charge in [0.25, 0.3) is 0 Å². The molecule has 0 saturated heterocycles. The van der Waals surface area contributed by atoms with Crippen LogP contribution in [-0.2, 0) is 9.53 Å². The Balaban J connectivity index is 4.88. The van der Waals surface area contributed by atoms with E-state index in [1.165, 1.54) is 0 Å². The first-order chi connectivity index (χ1) is 11.7. The molecule has 0 bridgehead atoms. The lowest BCUT2D eigenvalue weighted by molar-refractivity contribution is -0.133. The summed E-state index contributed by atoms with van der Waals surface area (Å²) in [6, 6.07) is -0.534. The molecule has 0 aliphatic heterocycles. The highest BCUT2D eigenvalue weighted by molar-refractivity contribution is 7.98. The molecule has 0 aromatic carbocycles. The van der Waals surface area contributed by atoms with Gasteiger partial charge in [0.1, 0.15) is 11.6 Å². The largest absolute Gasteiger partial charge is 0.444 e. The van der Waals surface area contributed by atoms with Crippen molar-refractivity contribution >= 4 is 23.8 Å². The first kappa shape index (κ1) is 24.1. The number of alkyl carbamates (subject to hydrolysis) is 1. The first-order valence-electron chi connectivity index (χ1n) is 9.52. The number of ether oxygens (including phenoxy) is 1. The maximum absolute atomic E-state index is 13.0. The van der Waals surface area contributed by atoms with E-state index in [1.807, 2.05) is 31.9 Å². The summed E-state index contributed by atoms with van der Waals surface area (Å²) in [5, 5.41) is 2.76. The van der Waals surface area contributed by atoms with Crippen LogP contribution >= 0.6 is 11.8 Å². The number of unbranched alkanes of at least 4 members (excludes halogenated alkanes) is 4.